The molecule has 0 amide bonds. The van der Waals surface area contributed by atoms with Gasteiger partial charge in [-0.3, -0.25) is 4.90 Å². The molecule has 0 bridgehead atoms. The number of anilines is 2. The number of hydrogen-bond acceptors (Lipinski definition) is 5. The number of benzene rings is 1. The molecule has 1 aromatic carbocycles. The van der Waals surface area contributed by atoms with Gasteiger partial charge in [0.1, 0.15) is 0 Å². The highest BCUT2D eigenvalue weighted by Gasteiger charge is 2.24. The van der Waals surface area contributed by atoms with Crippen LogP contribution in [0.5, 0.6) is 0 Å². The van der Waals surface area contributed by atoms with E-state index < -0.39 is 0 Å². The first-order chi connectivity index (χ1) is 9.90. The van der Waals surface area contributed by atoms with Gasteiger partial charge in [-0.05, 0) is 37.3 Å². The SMILES string of the molecule is c1ccc2c(c1)CCCN2c1nnc(CNC2CC2)o1. The average molecular weight is 270 g/mol. The zero-order chi connectivity index (χ0) is 13.4. The highest BCUT2D eigenvalue weighted by Crippen LogP contribution is 2.32. The van der Waals surface area contributed by atoms with Gasteiger partial charge in [0.2, 0.25) is 5.89 Å². The average Bonchev–Trinajstić information content (AvgIpc) is 3.21. The Morgan fingerprint density at radius 3 is 3.05 bits per heavy atom. The summed E-state index contributed by atoms with van der Waals surface area (Å²) < 4.78 is 5.80. The van der Waals surface area contributed by atoms with Gasteiger partial charge in [0.25, 0.3) is 0 Å². The van der Waals surface area contributed by atoms with E-state index in [-0.39, 0.29) is 0 Å². The lowest BCUT2D eigenvalue weighted by Gasteiger charge is -2.27. The Kier molecular flexibility index (Phi) is 2.92. The number of nitrogens with one attached hydrogen (secondary N) is 1. The molecule has 2 heterocycles. The smallest absolute Gasteiger partial charge is 0.322 e. The number of aromatic nitrogens is 2. The highest BCUT2D eigenvalue weighted by atomic mass is 16.4. The van der Waals surface area contributed by atoms with Crippen LogP contribution in [-0.2, 0) is 13.0 Å². The maximum Gasteiger partial charge on any atom is 0.322 e. The third-order valence-electron chi connectivity index (χ3n) is 3.92. The van der Waals surface area contributed by atoms with E-state index in [4.69, 9.17) is 4.42 Å². The van der Waals surface area contributed by atoms with Crippen LogP contribution in [0.3, 0.4) is 0 Å². The lowest BCUT2D eigenvalue weighted by Crippen LogP contribution is -2.24. The number of fused-ring (bicyclic) bond motifs is 1. The van der Waals surface area contributed by atoms with Crippen molar-refractivity contribution in [2.24, 2.45) is 0 Å². The molecule has 0 unspecified atom stereocenters. The lowest BCUT2D eigenvalue weighted by atomic mass is 10.0. The van der Waals surface area contributed by atoms with Crippen LogP contribution < -0.4 is 10.2 Å². The molecule has 0 atom stereocenters. The van der Waals surface area contributed by atoms with Gasteiger partial charge >= 0.3 is 6.01 Å². The Balaban J connectivity index is 1.55. The summed E-state index contributed by atoms with van der Waals surface area (Å²) in [5.41, 5.74) is 2.55. The maximum atomic E-state index is 5.80. The van der Waals surface area contributed by atoms with E-state index in [9.17, 15) is 0 Å². The van der Waals surface area contributed by atoms with Crippen molar-refractivity contribution in [3.63, 3.8) is 0 Å². The van der Waals surface area contributed by atoms with Gasteiger partial charge in [-0.1, -0.05) is 23.3 Å². The monoisotopic (exact) mass is 270 g/mol. The zero-order valence-corrected chi connectivity index (χ0v) is 11.4. The van der Waals surface area contributed by atoms with E-state index in [2.05, 4.69) is 44.7 Å². The zero-order valence-electron chi connectivity index (χ0n) is 11.4. The molecule has 4 rings (SSSR count). The molecule has 5 heteroatoms. The van der Waals surface area contributed by atoms with Crippen molar-refractivity contribution in [1.82, 2.24) is 15.5 Å². The predicted molar refractivity (Wildman–Crippen MR) is 75.9 cm³/mol. The molecule has 1 aliphatic carbocycles. The third-order valence-corrected chi connectivity index (χ3v) is 3.92. The largest absolute Gasteiger partial charge is 0.406 e. The van der Waals surface area contributed by atoms with E-state index in [0.29, 0.717) is 24.5 Å². The van der Waals surface area contributed by atoms with Crippen LogP contribution in [0.4, 0.5) is 11.7 Å². The maximum absolute atomic E-state index is 5.80. The first-order valence-corrected chi connectivity index (χ1v) is 7.31. The Hall–Kier alpha value is -1.88. The minimum absolute atomic E-state index is 0.616. The van der Waals surface area contributed by atoms with E-state index in [0.717, 1.165) is 19.4 Å². The van der Waals surface area contributed by atoms with Gasteiger partial charge in [0.05, 0.1) is 6.54 Å². The summed E-state index contributed by atoms with van der Waals surface area (Å²) in [5.74, 6) is 0.676. The van der Waals surface area contributed by atoms with Crippen LogP contribution in [0.2, 0.25) is 0 Å². The fourth-order valence-electron chi connectivity index (χ4n) is 2.68. The third kappa shape index (κ3) is 2.29. The number of para-hydroxylation sites is 1. The van der Waals surface area contributed by atoms with Gasteiger partial charge in [-0.15, -0.1) is 5.10 Å². The highest BCUT2D eigenvalue weighted by molar-refractivity contribution is 5.62. The molecule has 1 fully saturated rings. The van der Waals surface area contributed by atoms with E-state index in [1.165, 1.54) is 24.1 Å². The normalized spacial score (nSPS) is 18.1. The summed E-state index contributed by atoms with van der Waals surface area (Å²) in [6.07, 6.45) is 4.77. The number of aryl methyl sites for hydroxylation is 1. The number of rotatable bonds is 4. The topological polar surface area (TPSA) is 54.2 Å². The summed E-state index contributed by atoms with van der Waals surface area (Å²) in [6.45, 7) is 1.61. The van der Waals surface area contributed by atoms with Crippen molar-refractivity contribution >= 4 is 11.7 Å². The molecule has 0 spiro atoms. The Morgan fingerprint density at radius 2 is 2.15 bits per heavy atom. The molecular weight excluding hydrogens is 252 g/mol. The van der Waals surface area contributed by atoms with Crippen LogP contribution in [-0.4, -0.2) is 22.8 Å². The number of hydrogen-bond donors (Lipinski definition) is 1. The molecule has 1 aliphatic heterocycles. The molecule has 1 N–H and O–H groups in total. The van der Waals surface area contributed by atoms with Gasteiger partial charge in [-0.2, -0.15) is 0 Å². The summed E-state index contributed by atoms with van der Waals surface area (Å²) in [4.78, 5) is 2.13. The molecule has 1 saturated carbocycles. The molecule has 2 aliphatic rings. The Bertz CT molecular complexity index is 605. The van der Waals surface area contributed by atoms with E-state index in [1.807, 2.05) is 0 Å². The molecular formula is C15H18N4O. The minimum atomic E-state index is 0.616. The first-order valence-electron chi connectivity index (χ1n) is 7.31. The van der Waals surface area contributed by atoms with Crippen molar-refractivity contribution < 1.29 is 4.42 Å². The van der Waals surface area contributed by atoms with Crippen LogP contribution in [0, 0.1) is 0 Å². The van der Waals surface area contributed by atoms with Gasteiger partial charge < -0.3 is 9.73 Å². The predicted octanol–water partition coefficient (Wildman–Crippen LogP) is 2.41. The summed E-state index contributed by atoms with van der Waals surface area (Å²) >= 11 is 0. The van der Waals surface area contributed by atoms with Crippen LogP contribution in [0.1, 0.15) is 30.7 Å². The second-order valence-corrected chi connectivity index (χ2v) is 5.52. The second kappa shape index (κ2) is 4.90. The van der Waals surface area contributed by atoms with Crippen LogP contribution in [0.25, 0.3) is 0 Å². The minimum Gasteiger partial charge on any atom is -0.406 e. The quantitative estimate of drug-likeness (QED) is 0.924. The summed E-state index contributed by atoms with van der Waals surface area (Å²) in [7, 11) is 0. The van der Waals surface area contributed by atoms with Crippen molar-refractivity contribution in [2.75, 3.05) is 11.4 Å². The molecule has 0 saturated heterocycles. The molecule has 0 radical (unpaired) electrons. The van der Waals surface area contributed by atoms with Crippen LogP contribution in [0.15, 0.2) is 28.7 Å². The van der Waals surface area contributed by atoms with Crippen molar-refractivity contribution in [1.29, 1.82) is 0 Å². The van der Waals surface area contributed by atoms with Crippen molar-refractivity contribution in [2.45, 2.75) is 38.3 Å². The molecule has 1 aromatic heterocycles. The Morgan fingerprint density at radius 1 is 1.25 bits per heavy atom. The fourth-order valence-corrected chi connectivity index (χ4v) is 2.68. The molecule has 2 aromatic rings. The lowest BCUT2D eigenvalue weighted by molar-refractivity contribution is 0.465. The first kappa shape index (κ1) is 11.9. The number of nitrogens with zero attached hydrogens (tertiary/aromatic N) is 3. The Labute approximate surface area is 118 Å². The van der Waals surface area contributed by atoms with E-state index in [1.54, 1.807) is 0 Å². The van der Waals surface area contributed by atoms with Crippen molar-refractivity contribution in [3.05, 3.63) is 35.7 Å². The molecule has 20 heavy (non-hydrogen) atoms. The van der Waals surface area contributed by atoms with Gasteiger partial charge in [-0.25, -0.2) is 0 Å². The van der Waals surface area contributed by atoms with Gasteiger partial charge in [0, 0.05) is 18.3 Å². The van der Waals surface area contributed by atoms with E-state index >= 15 is 0 Å². The second-order valence-electron chi connectivity index (χ2n) is 5.52. The van der Waals surface area contributed by atoms with Crippen molar-refractivity contribution in [3.8, 4) is 0 Å². The molecule has 104 valence electrons. The van der Waals surface area contributed by atoms with Crippen LogP contribution >= 0.6 is 0 Å². The molecule has 5 nitrogen and oxygen atoms in total. The van der Waals surface area contributed by atoms with Gasteiger partial charge in [0.15, 0.2) is 0 Å². The summed E-state index contributed by atoms with van der Waals surface area (Å²) in [6, 6.07) is 9.71. The fraction of sp³-hybridized carbons (Fsp3) is 0.467. The standard InChI is InChI=1S/C15H18N4O/c1-2-6-13-11(4-1)5-3-9-19(13)15-18-17-14(20-15)10-16-12-7-8-12/h1-2,4,6,12,16H,3,5,7-10H2. The summed E-state index contributed by atoms with van der Waals surface area (Å²) in [5, 5.41) is 11.7.